The van der Waals surface area contributed by atoms with Crippen LogP contribution in [0.15, 0.2) is 0 Å². The van der Waals surface area contributed by atoms with Gasteiger partial charge in [0.05, 0.1) is 6.54 Å². The van der Waals surface area contributed by atoms with Crippen LogP contribution >= 0.6 is 12.4 Å². The first-order chi connectivity index (χ1) is 7.56. The molecule has 0 radical (unpaired) electrons. The van der Waals surface area contributed by atoms with Crippen molar-refractivity contribution in [2.24, 2.45) is 11.1 Å². The summed E-state index contributed by atoms with van der Waals surface area (Å²) in [5.41, 5.74) is 4.98. The molecule has 5 nitrogen and oxygen atoms in total. The number of hydrogen-bond acceptors (Lipinski definition) is 3. The molecule has 0 rings (SSSR count). The van der Waals surface area contributed by atoms with Gasteiger partial charge in [0.1, 0.15) is 0 Å². The largest absolute Gasteiger partial charge is 0.348 e. The monoisotopic (exact) mass is 279 g/mol. The van der Waals surface area contributed by atoms with Crippen LogP contribution < -0.4 is 16.4 Å². The molecule has 0 aromatic rings. The van der Waals surface area contributed by atoms with Crippen molar-refractivity contribution in [3.63, 3.8) is 0 Å². The number of halogens is 1. The average Bonchev–Trinajstić information content (AvgIpc) is 2.11. The van der Waals surface area contributed by atoms with E-state index in [1.807, 2.05) is 34.6 Å². The molecule has 0 unspecified atom stereocenters. The lowest BCUT2D eigenvalue weighted by molar-refractivity contribution is -0.127. The minimum absolute atomic E-state index is 0. The Labute approximate surface area is 116 Å². The molecular weight excluding hydrogens is 254 g/mol. The number of nitrogens with two attached hydrogens (primary N) is 1. The van der Waals surface area contributed by atoms with E-state index in [4.69, 9.17) is 5.73 Å². The van der Waals surface area contributed by atoms with Gasteiger partial charge in [-0.05, 0) is 19.3 Å². The van der Waals surface area contributed by atoms with Crippen LogP contribution in [0.25, 0.3) is 0 Å². The van der Waals surface area contributed by atoms with Gasteiger partial charge in [0.25, 0.3) is 0 Å². The Morgan fingerprint density at radius 1 is 1.06 bits per heavy atom. The highest BCUT2D eigenvalue weighted by Crippen LogP contribution is 2.17. The molecule has 4 N–H and O–H groups in total. The molecule has 0 bridgehead atoms. The van der Waals surface area contributed by atoms with Gasteiger partial charge in [0.2, 0.25) is 11.8 Å². The number of carbonyl (C=O) groups is 2. The minimum Gasteiger partial charge on any atom is -0.348 e. The molecule has 6 heteroatoms. The standard InChI is InChI=1S/C12H25N3O2.ClH/c1-11(2,3)6-9(16)14-7-10(17)15-12(4,5)8-13;/h6-8,13H2,1-5H3,(H,14,16)(H,15,17);1H. The maximum absolute atomic E-state index is 11.5. The van der Waals surface area contributed by atoms with Crippen LogP contribution in [0.2, 0.25) is 0 Å². The first-order valence-electron chi connectivity index (χ1n) is 5.83. The number of nitrogens with one attached hydrogen (secondary N) is 2. The normalized spacial score (nSPS) is 11.4. The summed E-state index contributed by atoms with van der Waals surface area (Å²) in [5.74, 6) is -0.332. The van der Waals surface area contributed by atoms with Crippen molar-refractivity contribution in [3.05, 3.63) is 0 Å². The van der Waals surface area contributed by atoms with E-state index in [9.17, 15) is 9.59 Å². The second-order valence-corrected chi connectivity index (χ2v) is 6.15. The molecule has 0 heterocycles. The number of carbonyl (C=O) groups excluding carboxylic acids is 2. The summed E-state index contributed by atoms with van der Waals surface area (Å²) in [5, 5.41) is 5.34. The first kappa shape index (κ1) is 19.5. The molecule has 2 amide bonds. The number of hydrogen-bond donors (Lipinski definition) is 3. The average molecular weight is 280 g/mol. The van der Waals surface area contributed by atoms with Crippen molar-refractivity contribution in [2.45, 2.75) is 46.6 Å². The molecule has 0 aromatic carbocycles. The Balaban J connectivity index is 0. The van der Waals surface area contributed by atoms with E-state index in [0.717, 1.165) is 0 Å². The Bertz CT molecular complexity index is 286. The Morgan fingerprint density at radius 2 is 1.56 bits per heavy atom. The van der Waals surface area contributed by atoms with Crippen LogP contribution in [-0.2, 0) is 9.59 Å². The van der Waals surface area contributed by atoms with E-state index < -0.39 is 5.54 Å². The van der Waals surface area contributed by atoms with Crippen LogP contribution in [0.4, 0.5) is 0 Å². The number of rotatable bonds is 5. The Hall–Kier alpha value is -0.810. The van der Waals surface area contributed by atoms with Gasteiger partial charge in [-0.25, -0.2) is 0 Å². The van der Waals surface area contributed by atoms with Crippen LogP contribution in [0, 0.1) is 5.41 Å². The van der Waals surface area contributed by atoms with E-state index >= 15 is 0 Å². The molecule has 0 aliphatic rings. The van der Waals surface area contributed by atoms with Crippen molar-refractivity contribution >= 4 is 24.2 Å². The second-order valence-electron chi connectivity index (χ2n) is 6.15. The molecule has 0 saturated heterocycles. The van der Waals surface area contributed by atoms with Crippen molar-refractivity contribution in [3.8, 4) is 0 Å². The van der Waals surface area contributed by atoms with Gasteiger partial charge in [-0.1, -0.05) is 20.8 Å². The Morgan fingerprint density at radius 3 is 1.94 bits per heavy atom. The van der Waals surface area contributed by atoms with Crippen molar-refractivity contribution in [1.29, 1.82) is 0 Å². The molecule has 0 fully saturated rings. The fourth-order valence-corrected chi connectivity index (χ4v) is 1.20. The van der Waals surface area contributed by atoms with Gasteiger partial charge in [-0.3, -0.25) is 9.59 Å². The quantitative estimate of drug-likeness (QED) is 0.696. The lowest BCUT2D eigenvalue weighted by Gasteiger charge is -2.24. The van der Waals surface area contributed by atoms with E-state index in [2.05, 4.69) is 10.6 Å². The van der Waals surface area contributed by atoms with Gasteiger partial charge in [-0.15, -0.1) is 12.4 Å². The van der Waals surface area contributed by atoms with Crippen molar-refractivity contribution in [2.75, 3.05) is 13.1 Å². The van der Waals surface area contributed by atoms with E-state index in [1.54, 1.807) is 0 Å². The fourth-order valence-electron chi connectivity index (χ4n) is 1.20. The highest BCUT2D eigenvalue weighted by molar-refractivity contribution is 5.85. The van der Waals surface area contributed by atoms with Gasteiger partial charge < -0.3 is 16.4 Å². The van der Waals surface area contributed by atoms with Crippen molar-refractivity contribution in [1.82, 2.24) is 10.6 Å². The van der Waals surface area contributed by atoms with Gasteiger partial charge in [0, 0.05) is 18.5 Å². The zero-order chi connectivity index (χ0) is 13.7. The lowest BCUT2D eigenvalue weighted by atomic mass is 9.92. The van der Waals surface area contributed by atoms with E-state index in [1.165, 1.54) is 0 Å². The zero-order valence-corrected chi connectivity index (χ0v) is 12.7. The molecule has 0 atom stereocenters. The SMILES string of the molecule is CC(C)(C)CC(=O)NCC(=O)NC(C)(C)CN.Cl. The maximum atomic E-state index is 11.5. The smallest absolute Gasteiger partial charge is 0.239 e. The number of amides is 2. The molecule has 0 aliphatic heterocycles. The van der Waals surface area contributed by atoms with Crippen LogP contribution in [0.1, 0.15) is 41.0 Å². The summed E-state index contributed by atoms with van der Waals surface area (Å²) in [6.45, 7) is 9.95. The summed E-state index contributed by atoms with van der Waals surface area (Å²) >= 11 is 0. The lowest BCUT2D eigenvalue weighted by Crippen LogP contribution is -2.51. The molecule has 0 saturated carbocycles. The highest BCUT2D eigenvalue weighted by Gasteiger charge is 2.19. The van der Waals surface area contributed by atoms with Crippen LogP contribution in [0.5, 0.6) is 0 Å². The highest BCUT2D eigenvalue weighted by atomic mass is 35.5. The van der Waals surface area contributed by atoms with E-state index in [0.29, 0.717) is 13.0 Å². The maximum Gasteiger partial charge on any atom is 0.239 e. The summed E-state index contributed by atoms with van der Waals surface area (Å²) in [7, 11) is 0. The summed E-state index contributed by atoms with van der Waals surface area (Å²) in [6, 6.07) is 0. The topological polar surface area (TPSA) is 84.2 Å². The molecule has 0 aliphatic carbocycles. The molecule has 108 valence electrons. The predicted molar refractivity (Wildman–Crippen MR) is 75.6 cm³/mol. The zero-order valence-electron chi connectivity index (χ0n) is 11.9. The third kappa shape index (κ3) is 10.4. The second kappa shape index (κ2) is 7.59. The van der Waals surface area contributed by atoms with Gasteiger partial charge >= 0.3 is 0 Å². The molecule has 0 spiro atoms. The fraction of sp³-hybridized carbons (Fsp3) is 0.833. The summed E-state index contributed by atoms with van der Waals surface area (Å²) in [4.78, 5) is 23.0. The third-order valence-corrected chi connectivity index (χ3v) is 2.13. The summed E-state index contributed by atoms with van der Waals surface area (Å²) in [6.07, 6.45) is 0.403. The Kier molecular flexibility index (Phi) is 8.23. The molecular formula is C12H26ClN3O2. The van der Waals surface area contributed by atoms with Crippen LogP contribution in [-0.4, -0.2) is 30.4 Å². The van der Waals surface area contributed by atoms with Crippen molar-refractivity contribution < 1.29 is 9.59 Å². The minimum atomic E-state index is -0.439. The predicted octanol–water partition coefficient (Wildman–Crippen LogP) is 0.814. The molecule has 18 heavy (non-hydrogen) atoms. The van der Waals surface area contributed by atoms with Crippen LogP contribution in [0.3, 0.4) is 0 Å². The van der Waals surface area contributed by atoms with Gasteiger partial charge in [0.15, 0.2) is 0 Å². The first-order valence-corrected chi connectivity index (χ1v) is 5.83. The van der Waals surface area contributed by atoms with Gasteiger partial charge in [-0.2, -0.15) is 0 Å². The summed E-state index contributed by atoms with van der Waals surface area (Å²) < 4.78 is 0. The molecule has 0 aromatic heterocycles. The third-order valence-electron chi connectivity index (χ3n) is 2.13. The van der Waals surface area contributed by atoms with E-state index in [-0.39, 0.29) is 36.2 Å².